The van der Waals surface area contributed by atoms with Gasteiger partial charge in [0.1, 0.15) is 5.54 Å². The summed E-state index contributed by atoms with van der Waals surface area (Å²) in [5, 5.41) is 9.01. The highest BCUT2D eigenvalue weighted by molar-refractivity contribution is 5.93. The standard InChI is InChI=1S/C10H15NO3/c1-3-6(2)8(12)11-5-7-4-10(7,11)9(13)14/h6-7H,3-5H2,1-2H3,(H,13,14). The molecule has 78 valence electrons. The van der Waals surface area contributed by atoms with Crippen molar-refractivity contribution in [1.82, 2.24) is 4.90 Å². The number of carbonyl (C=O) groups excluding carboxylic acids is 1. The van der Waals surface area contributed by atoms with E-state index in [1.165, 1.54) is 0 Å². The maximum Gasteiger partial charge on any atom is 0.330 e. The van der Waals surface area contributed by atoms with E-state index in [0.717, 1.165) is 6.42 Å². The number of carboxylic acids is 1. The fourth-order valence-electron chi connectivity index (χ4n) is 2.24. The minimum Gasteiger partial charge on any atom is -0.479 e. The smallest absolute Gasteiger partial charge is 0.330 e. The molecule has 4 nitrogen and oxygen atoms in total. The van der Waals surface area contributed by atoms with Gasteiger partial charge in [-0.15, -0.1) is 0 Å². The molecule has 4 heteroatoms. The number of fused-ring (bicyclic) bond motifs is 1. The van der Waals surface area contributed by atoms with Crippen molar-refractivity contribution in [1.29, 1.82) is 0 Å². The third-order valence-electron chi connectivity index (χ3n) is 3.63. The molecule has 0 aromatic carbocycles. The maximum atomic E-state index is 11.8. The molecule has 0 aromatic rings. The van der Waals surface area contributed by atoms with Gasteiger partial charge in [-0.2, -0.15) is 0 Å². The first-order valence-electron chi connectivity index (χ1n) is 5.09. The predicted molar refractivity (Wildman–Crippen MR) is 49.6 cm³/mol. The highest BCUT2D eigenvalue weighted by Gasteiger charge is 2.74. The summed E-state index contributed by atoms with van der Waals surface area (Å²) in [7, 11) is 0. The zero-order valence-electron chi connectivity index (χ0n) is 8.49. The van der Waals surface area contributed by atoms with Crippen LogP contribution in [0.4, 0.5) is 0 Å². The molecule has 1 aliphatic carbocycles. The molecule has 1 heterocycles. The average Bonchev–Trinajstić information content (AvgIpc) is 2.71. The second-order valence-corrected chi connectivity index (χ2v) is 4.39. The van der Waals surface area contributed by atoms with Gasteiger partial charge in [0.2, 0.25) is 5.91 Å². The van der Waals surface area contributed by atoms with Crippen molar-refractivity contribution in [2.45, 2.75) is 32.2 Å². The van der Waals surface area contributed by atoms with Crippen LogP contribution in [0.2, 0.25) is 0 Å². The van der Waals surface area contributed by atoms with Crippen molar-refractivity contribution >= 4 is 11.9 Å². The first-order valence-corrected chi connectivity index (χ1v) is 5.09. The van der Waals surface area contributed by atoms with E-state index in [1.54, 1.807) is 4.90 Å². The molecule has 2 rings (SSSR count). The van der Waals surface area contributed by atoms with Gasteiger partial charge in [-0.3, -0.25) is 4.79 Å². The number of carboxylic acid groups (broad SMARTS) is 1. The van der Waals surface area contributed by atoms with Crippen LogP contribution in [0.5, 0.6) is 0 Å². The number of likely N-dealkylation sites (tertiary alicyclic amines) is 1. The number of hydrogen-bond donors (Lipinski definition) is 1. The molecule has 0 radical (unpaired) electrons. The van der Waals surface area contributed by atoms with Crippen molar-refractivity contribution in [2.24, 2.45) is 11.8 Å². The van der Waals surface area contributed by atoms with Crippen molar-refractivity contribution < 1.29 is 14.7 Å². The summed E-state index contributed by atoms with van der Waals surface area (Å²) in [6.07, 6.45) is 1.43. The molecule has 1 saturated carbocycles. The van der Waals surface area contributed by atoms with Crippen LogP contribution in [-0.4, -0.2) is 34.0 Å². The molecule has 1 aliphatic heterocycles. The molecule has 2 aliphatic rings. The molecule has 1 N–H and O–H groups in total. The van der Waals surface area contributed by atoms with Gasteiger partial charge in [0.05, 0.1) is 0 Å². The summed E-state index contributed by atoms with van der Waals surface area (Å²) in [6.45, 7) is 4.45. The Morgan fingerprint density at radius 1 is 1.64 bits per heavy atom. The van der Waals surface area contributed by atoms with Crippen LogP contribution >= 0.6 is 0 Å². The van der Waals surface area contributed by atoms with E-state index in [2.05, 4.69) is 0 Å². The van der Waals surface area contributed by atoms with Crippen LogP contribution in [0.3, 0.4) is 0 Å². The van der Waals surface area contributed by atoms with Crippen LogP contribution in [0.15, 0.2) is 0 Å². The van der Waals surface area contributed by atoms with Gasteiger partial charge in [0.25, 0.3) is 0 Å². The molecule has 1 saturated heterocycles. The topological polar surface area (TPSA) is 57.6 Å². The quantitative estimate of drug-likeness (QED) is 0.725. The first-order chi connectivity index (χ1) is 6.54. The Hall–Kier alpha value is -1.06. The molecule has 0 spiro atoms. The highest BCUT2D eigenvalue weighted by atomic mass is 16.4. The lowest BCUT2D eigenvalue weighted by Gasteiger charge is -2.39. The summed E-state index contributed by atoms with van der Waals surface area (Å²) in [4.78, 5) is 24.3. The Morgan fingerprint density at radius 3 is 2.64 bits per heavy atom. The number of rotatable bonds is 3. The lowest BCUT2D eigenvalue weighted by atomic mass is 9.98. The van der Waals surface area contributed by atoms with Gasteiger partial charge >= 0.3 is 5.97 Å². The van der Waals surface area contributed by atoms with Crippen molar-refractivity contribution in [3.05, 3.63) is 0 Å². The lowest BCUT2D eigenvalue weighted by Crippen LogP contribution is -2.59. The largest absolute Gasteiger partial charge is 0.479 e. The Bertz CT molecular complexity index is 302. The number of aliphatic carboxylic acids is 1. The number of nitrogens with zero attached hydrogens (tertiary/aromatic N) is 1. The normalized spacial score (nSPS) is 35.6. The van der Waals surface area contributed by atoms with Crippen LogP contribution in [-0.2, 0) is 9.59 Å². The Morgan fingerprint density at radius 2 is 2.29 bits per heavy atom. The molecule has 14 heavy (non-hydrogen) atoms. The number of hydrogen-bond acceptors (Lipinski definition) is 2. The SMILES string of the molecule is CCC(C)C(=O)N1CC2CC21C(=O)O. The van der Waals surface area contributed by atoms with Gasteiger partial charge < -0.3 is 10.0 Å². The monoisotopic (exact) mass is 197 g/mol. The lowest BCUT2D eigenvalue weighted by molar-refractivity contribution is -0.161. The molecule has 2 fully saturated rings. The van der Waals surface area contributed by atoms with Crippen molar-refractivity contribution in [2.75, 3.05) is 6.54 Å². The summed E-state index contributed by atoms with van der Waals surface area (Å²) < 4.78 is 0. The first kappa shape index (κ1) is 9.49. The van der Waals surface area contributed by atoms with Gasteiger partial charge in [-0.25, -0.2) is 4.79 Å². The third kappa shape index (κ3) is 0.938. The molecular formula is C10H15NO3. The molecular weight excluding hydrogens is 182 g/mol. The Labute approximate surface area is 82.9 Å². The summed E-state index contributed by atoms with van der Waals surface area (Å²) in [5.74, 6) is -0.644. The summed E-state index contributed by atoms with van der Waals surface area (Å²) >= 11 is 0. The average molecular weight is 197 g/mol. The van der Waals surface area contributed by atoms with Gasteiger partial charge in [0.15, 0.2) is 0 Å². The highest BCUT2D eigenvalue weighted by Crippen LogP contribution is 2.58. The molecule has 0 aromatic heterocycles. The van der Waals surface area contributed by atoms with E-state index in [-0.39, 0.29) is 17.7 Å². The van der Waals surface area contributed by atoms with Gasteiger partial charge in [-0.05, 0) is 12.8 Å². The van der Waals surface area contributed by atoms with Crippen molar-refractivity contribution in [3.63, 3.8) is 0 Å². The second kappa shape index (κ2) is 2.72. The predicted octanol–water partition coefficient (Wildman–Crippen LogP) is 0.718. The Kier molecular flexibility index (Phi) is 1.84. The van der Waals surface area contributed by atoms with Crippen LogP contribution < -0.4 is 0 Å². The van der Waals surface area contributed by atoms with Crippen LogP contribution in [0.1, 0.15) is 26.7 Å². The van der Waals surface area contributed by atoms with E-state index in [1.807, 2.05) is 13.8 Å². The number of amides is 1. The van der Waals surface area contributed by atoms with E-state index < -0.39 is 11.5 Å². The van der Waals surface area contributed by atoms with Gasteiger partial charge in [0, 0.05) is 18.4 Å². The zero-order valence-corrected chi connectivity index (χ0v) is 8.49. The van der Waals surface area contributed by atoms with E-state index in [0.29, 0.717) is 13.0 Å². The van der Waals surface area contributed by atoms with E-state index in [4.69, 9.17) is 5.11 Å². The molecule has 3 atom stereocenters. The van der Waals surface area contributed by atoms with E-state index in [9.17, 15) is 9.59 Å². The second-order valence-electron chi connectivity index (χ2n) is 4.39. The number of carbonyl (C=O) groups is 2. The Balaban J connectivity index is 2.08. The minimum absolute atomic E-state index is 0.00338. The van der Waals surface area contributed by atoms with E-state index >= 15 is 0 Å². The van der Waals surface area contributed by atoms with Crippen molar-refractivity contribution in [3.8, 4) is 0 Å². The summed E-state index contributed by atoms with van der Waals surface area (Å²) in [6, 6.07) is 0. The van der Waals surface area contributed by atoms with Crippen LogP contribution in [0, 0.1) is 11.8 Å². The molecule has 3 unspecified atom stereocenters. The van der Waals surface area contributed by atoms with Gasteiger partial charge in [-0.1, -0.05) is 13.8 Å². The summed E-state index contributed by atoms with van der Waals surface area (Å²) in [5.41, 5.74) is -0.791. The third-order valence-corrected chi connectivity index (χ3v) is 3.63. The van der Waals surface area contributed by atoms with Crippen LogP contribution in [0.25, 0.3) is 0 Å². The fourth-order valence-corrected chi connectivity index (χ4v) is 2.24. The fraction of sp³-hybridized carbons (Fsp3) is 0.800. The molecule has 0 bridgehead atoms. The molecule has 1 amide bonds. The zero-order chi connectivity index (χ0) is 10.5. The minimum atomic E-state index is -0.828. The maximum absolute atomic E-state index is 11.8.